The molecule has 0 saturated heterocycles. The normalized spacial score (nSPS) is 21.1. The summed E-state index contributed by atoms with van der Waals surface area (Å²) in [7, 11) is 1.35. The molecule has 0 radical (unpaired) electrons. The molecule has 0 atom stereocenters. The maximum Gasteiger partial charge on any atom is 0.329 e. The van der Waals surface area contributed by atoms with Crippen molar-refractivity contribution >= 4 is 11.9 Å². The number of carbonyl (C=O) groups excluding carboxylic acids is 1. The van der Waals surface area contributed by atoms with Gasteiger partial charge in [-0.2, -0.15) is 0 Å². The summed E-state index contributed by atoms with van der Waals surface area (Å²) in [5.74, 6) is -2.70. The Balaban J connectivity index is 1.92. The summed E-state index contributed by atoms with van der Waals surface area (Å²) < 4.78 is 32.5. The monoisotopic (exact) mass is 418 g/mol. The predicted octanol–water partition coefficient (Wildman–Crippen LogP) is 4.19. The van der Waals surface area contributed by atoms with Crippen molar-refractivity contribution in [1.82, 2.24) is 10.3 Å². The fourth-order valence-corrected chi connectivity index (χ4v) is 3.92. The Morgan fingerprint density at radius 3 is 2.37 bits per heavy atom. The Bertz CT molecular complexity index is 936. The van der Waals surface area contributed by atoms with E-state index in [0.717, 1.165) is 37.5 Å². The minimum absolute atomic E-state index is 0.0775. The number of benzene rings is 1. The van der Waals surface area contributed by atoms with Crippen molar-refractivity contribution in [1.29, 1.82) is 0 Å². The maximum atomic E-state index is 13.7. The molecule has 0 aliphatic heterocycles. The van der Waals surface area contributed by atoms with Gasteiger partial charge in [0.2, 0.25) is 5.88 Å². The molecular formula is C22H24F2N2O4. The third-order valence-electron chi connectivity index (χ3n) is 5.78. The van der Waals surface area contributed by atoms with E-state index >= 15 is 0 Å². The van der Waals surface area contributed by atoms with Crippen LogP contribution in [0.25, 0.3) is 11.1 Å². The second-order valence-corrected chi connectivity index (χ2v) is 7.63. The van der Waals surface area contributed by atoms with E-state index in [-0.39, 0.29) is 22.6 Å². The first-order valence-electron chi connectivity index (χ1n) is 9.84. The SMILES string of the molecule is CC[C@H]1CC[C@](NC(=O)c2cnc(OC)c(-c3cc(F)cc(F)c3)c2)(C(=O)O)CC1. The number of nitrogens with zero attached hydrogens (tertiary/aromatic N) is 1. The molecule has 30 heavy (non-hydrogen) atoms. The molecule has 0 spiro atoms. The number of pyridine rings is 1. The minimum atomic E-state index is -1.34. The summed E-state index contributed by atoms with van der Waals surface area (Å²) in [5, 5.41) is 12.4. The van der Waals surface area contributed by atoms with Crippen LogP contribution in [0.4, 0.5) is 8.78 Å². The van der Waals surface area contributed by atoms with Crippen molar-refractivity contribution in [3.8, 4) is 17.0 Å². The average molecular weight is 418 g/mol. The smallest absolute Gasteiger partial charge is 0.329 e. The molecule has 1 aliphatic carbocycles. The second kappa shape index (κ2) is 8.77. The van der Waals surface area contributed by atoms with Gasteiger partial charge in [-0.05, 0) is 55.4 Å². The molecule has 1 saturated carbocycles. The van der Waals surface area contributed by atoms with E-state index in [1.54, 1.807) is 0 Å². The van der Waals surface area contributed by atoms with Crippen molar-refractivity contribution in [3.05, 3.63) is 47.7 Å². The number of carbonyl (C=O) groups is 2. The van der Waals surface area contributed by atoms with Crippen LogP contribution in [0.3, 0.4) is 0 Å². The summed E-state index contributed by atoms with van der Waals surface area (Å²) in [6, 6.07) is 4.34. The molecular weight excluding hydrogens is 394 g/mol. The van der Waals surface area contributed by atoms with Crippen LogP contribution in [0.1, 0.15) is 49.4 Å². The number of hydrogen-bond donors (Lipinski definition) is 2. The Kier molecular flexibility index (Phi) is 6.34. The minimum Gasteiger partial charge on any atom is -0.481 e. The van der Waals surface area contributed by atoms with Crippen LogP contribution < -0.4 is 10.1 Å². The predicted molar refractivity (Wildman–Crippen MR) is 106 cm³/mol. The van der Waals surface area contributed by atoms with Gasteiger partial charge in [-0.15, -0.1) is 0 Å². The summed E-state index contributed by atoms with van der Waals surface area (Å²) in [6.45, 7) is 2.07. The van der Waals surface area contributed by atoms with Gasteiger partial charge in [0.05, 0.1) is 12.7 Å². The molecule has 1 aliphatic rings. The van der Waals surface area contributed by atoms with Gasteiger partial charge in [-0.3, -0.25) is 4.79 Å². The van der Waals surface area contributed by atoms with Crippen LogP contribution in [0.5, 0.6) is 5.88 Å². The van der Waals surface area contributed by atoms with Crippen molar-refractivity contribution in [3.63, 3.8) is 0 Å². The van der Waals surface area contributed by atoms with Gasteiger partial charge in [0.1, 0.15) is 17.2 Å². The first-order chi connectivity index (χ1) is 14.3. The lowest BCUT2D eigenvalue weighted by Crippen LogP contribution is -2.56. The van der Waals surface area contributed by atoms with Crippen molar-refractivity contribution in [2.45, 2.75) is 44.6 Å². The number of halogens is 2. The van der Waals surface area contributed by atoms with E-state index in [1.165, 1.54) is 19.4 Å². The van der Waals surface area contributed by atoms with E-state index in [9.17, 15) is 23.5 Å². The molecule has 3 rings (SSSR count). The first-order valence-corrected chi connectivity index (χ1v) is 9.84. The van der Waals surface area contributed by atoms with Gasteiger partial charge in [0, 0.05) is 17.8 Å². The molecule has 2 N–H and O–H groups in total. The average Bonchev–Trinajstić information content (AvgIpc) is 2.72. The number of rotatable bonds is 6. The second-order valence-electron chi connectivity index (χ2n) is 7.63. The van der Waals surface area contributed by atoms with Crippen molar-refractivity contribution in [2.24, 2.45) is 5.92 Å². The fraction of sp³-hybridized carbons (Fsp3) is 0.409. The molecule has 0 unspecified atom stereocenters. The summed E-state index contributed by atoms with van der Waals surface area (Å²) in [6.07, 6.45) is 4.35. The molecule has 2 aromatic rings. The van der Waals surface area contributed by atoms with Gasteiger partial charge < -0.3 is 15.2 Å². The van der Waals surface area contributed by atoms with Crippen LogP contribution in [-0.2, 0) is 4.79 Å². The van der Waals surface area contributed by atoms with E-state index in [0.29, 0.717) is 18.8 Å². The molecule has 8 heteroatoms. The maximum absolute atomic E-state index is 13.7. The third-order valence-corrected chi connectivity index (χ3v) is 5.78. The number of amides is 1. The number of ether oxygens (including phenoxy) is 1. The van der Waals surface area contributed by atoms with E-state index in [2.05, 4.69) is 17.2 Å². The van der Waals surface area contributed by atoms with E-state index in [4.69, 9.17) is 4.74 Å². The number of carboxylic acids is 1. The van der Waals surface area contributed by atoms with Gasteiger partial charge >= 0.3 is 5.97 Å². The third kappa shape index (κ3) is 4.42. The summed E-state index contributed by atoms with van der Waals surface area (Å²) >= 11 is 0. The Labute approximate surface area is 173 Å². The molecule has 1 amide bonds. The first kappa shape index (κ1) is 21.7. The van der Waals surface area contributed by atoms with E-state index < -0.39 is 29.0 Å². The van der Waals surface area contributed by atoms with Crippen LogP contribution in [0.2, 0.25) is 0 Å². The topological polar surface area (TPSA) is 88.5 Å². The molecule has 6 nitrogen and oxygen atoms in total. The van der Waals surface area contributed by atoms with Crippen LogP contribution in [0.15, 0.2) is 30.5 Å². The highest BCUT2D eigenvalue weighted by atomic mass is 19.1. The number of aliphatic carboxylic acids is 1. The molecule has 1 aromatic heterocycles. The molecule has 1 fully saturated rings. The zero-order valence-corrected chi connectivity index (χ0v) is 16.9. The largest absolute Gasteiger partial charge is 0.481 e. The highest BCUT2D eigenvalue weighted by Gasteiger charge is 2.43. The summed E-state index contributed by atoms with van der Waals surface area (Å²) in [5.41, 5.74) is -0.882. The number of hydrogen-bond acceptors (Lipinski definition) is 4. The summed E-state index contributed by atoms with van der Waals surface area (Å²) in [4.78, 5) is 28.9. The Morgan fingerprint density at radius 2 is 1.83 bits per heavy atom. The number of aromatic nitrogens is 1. The van der Waals surface area contributed by atoms with Gasteiger partial charge in [0.15, 0.2) is 0 Å². The molecule has 1 heterocycles. The molecule has 1 aromatic carbocycles. The quantitative estimate of drug-likeness (QED) is 0.734. The van der Waals surface area contributed by atoms with Crippen LogP contribution in [-0.4, -0.2) is 34.6 Å². The molecule has 0 bridgehead atoms. The van der Waals surface area contributed by atoms with Crippen LogP contribution in [0, 0.1) is 17.6 Å². The van der Waals surface area contributed by atoms with Crippen molar-refractivity contribution < 1.29 is 28.2 Å². The lowest BCUT2D eigenvalue weighted by molar-refractivity contribution is -0.146. The lowest BCUT2D eigenvalue weighted by atomic mass is 9.75. The van der Waals surface area contributed by atoms with Crippen LogP contribution >= 0.6 is 0 Å². The number of carboxylic acid groups (broad SMARTS) is 1. The fourth-order valence-electron chi connectivity index (χ4n) is 3.92. The number of nitrogens with one attached hydrogen (secondary N) is 1. The lowest BCUT2D eigenvalue weighted by Gasteiger charge is -2.37. The van der Waals surface area contributed by atoms with Gasteiger partial charge in [-0.25, -0.2) is 18.6 Å². The highest BCUT2D eigenvalue weighted by Crippen LogP contribution is 2.35. The highest BCUT2D eigenvalue weighted by molar-refractivity contribution is 5.98. The number of methoxy groups -OCH3 is 1. The van der Waals surface area contributed by atoms with Gasteiger partial charge in [0.25, 0.3) is 5.91 Å². The standard InChI is InChI=1S/C22H24F2N2O4/c1-3-13-4-6-22(7-5-13,21(28)29)26-19(27)15-10-18(20(30-2)25-12-15)14-8-16(23)11-17(24)9-14/h8-13H,3-7H2,1-2H3,(H,26,27)(H,28,29)/t13-,22+. The van der Waals surface area contributed by atoms with Crippen molar-refractivity contribution in [2.75, 3.05) is 7.11 Å². The zero-order valence-electron chi connectivity index (χ0n) is 16.9. The molecule has 160 valence electrons. The van der Waals surface area contributed by atoms with Gasteiger partial charge in [-0.1, -0.05) is 13.3 Å². The zero-order chi connectivity index (χ0) is 21.9. The Hall–Kier alpha value is -3.03. The van der Waals surface area contributed by atoms with E-state index in [1.807, 2.05) is 0 Å². The Morgan fingerprint density at radius 1 is 1.20 bits per heavy atom.